The van der Waals surface area contributed by atoms with Gasteiger partial charge in [-0.15, -0.1) is 0 Å². The number of ketones is 1. The highest BCUT2D eigenvalue weighted by molar-refractivity contribution is 6.19. The van der Waals surface area contributed by atoms with Crippen LogP contribution in [0.4, 0.5) is 5.69 Å². The zero-order valence-electron chi connectivity index (χ0n) is 14.5. The van der Waals surface area contributed by atoms with Gasteiger partial charge in [-0.3, -0.25) is 14.9 Å². The van der Waals surface area contributed by atoms with E-state index < -0.39 is 4.92 Å². The van der Waals surface area contributed by atoms with E-state index in [1.807, 2.05) is 30.3 Å². The molecular formula is C21H15N3O3. The summed E-state index contributed by atoms with van der Waals surface area (Å²) in [5, 5.41) is 21.2. The van der Waals surface area contributed by atoms with Gasteiger partial charge in [-0.05, 0) is 31.2 Å². The predicted octanol–water partition coefficient (Wildman–Crippen LogP) is 4.73. The zero-order valence-corrected chi connectivity index (χ0v) is 14.5. The van der Waals surface area contributed by atoms with Gasteiger partial charge in [-0.1, -0.05) is 36.4 Å². The molecule has 6 nitrogen and oxygen atoms in total. The molecule has 1 heterocycles. The number of hydrogen-bond donors (Lipinski definition) is 1. The number of para-hydroxylation sites is 2. The molecule has 0 unspecified atom stereocenters. The first-order chi connectivity index (χ1) is 13.0. The van der Waals surface area contributed by atoms with Crippen molar-refractivity contribution in [2.75, 3.05) is 0 Å². The molecule has 132 valence electrons. The average Bonchev–Trinajstić information content (AvgIpc) is 3.00. The van der Waals surface area contributed by atoms with Crippen LogP contribution in [0.5, 0.6) is 0 Å². The first-order valence-electron chi connectivity index (χ1n) is 8.17. The van der Waals surface area contributed by atoms with E-state index >= 15 is 0 Å². The van der Waals surface area contributed by atoms with Crippen LogP contribution >= 0.6 is 0 Å². The molecular weight excluding hydrogens is 342 g/mol. The van der Waals surface area contributed by atoms with Gasteiger partial charge < -0.3 is 4.98 Å². The Bertz CT molecular complexity index is 1150. The minimum absolute atomic E-state index is 0.0422. The van der Waals surface area contributed by atoms with Crippen LogP contribution in [0.3, 0.4) is 0 Å². The number of rotatable bonds is 5. The molecule has 0 aliphatic carbocycles. The van der Waals surface area contributed by atoms with Crippen molar-refractivity contribution in [1.29, 1.82) is 5.26 Å². The molecule has 0 saturated carbocycles. The van der Waals surface area contributed by atoms with Crippen LogP contribution in [0.15, 0.2) is 66.3 Å². The monoisotopic (exact) mass is 357 g/mol. The van der Waals surface area contributed by atoms with Crippen LogP contribution in [0, 0.1) is 28.4 Å². The number of carbonyl (C=O) groups is 1. The van der Waals surface area contributed by atoms with E-state index in [1.165, 1.54) is 24.3 Å². The Morgan fingerprint density at radius 2 is 1.89 bits per heavy atom. The minimum Gasteiger partial charge on any atom is -0.358 e. The first-order valence-corrected chi connectivity index (χ1v) is 8.17. The van der Waals surface area contributed by atoms with Crippen molar-refractivity contribution < 1.29 is 9.72 Å². The quantitative estimate of drug-likeness (QED) is 0.178. The van der Waals surface area contributed by atoms with Crippen LogP contribution in [0.1, 0.15) is 21.6 Å². The maximum Gasteiger partial charge on any atom is 0.276 e. The molecule has 0 radical (unpaired) electrons. The lowest BCUT2D eigenvalue weighted by Gasteiger charge is -1.99. The van der Waals surface area contributed by atoms with Gasteiger partial charge in [-0.25, -0.2) is 0 Å². The Morgan fingerprint density at radius 1 is 1.19 bits per heavy atom. The van der Waals surface area contributed by atoms with E-state index in [0.717, 1.165) is 10.9 Å². The number of hydrogen-bond acceptors (Lipinski definition) is 4. The number of carbonyl (C=O) groups excluding carboxylic acids is 1. The number of fused-ring (bicyclic) bond motifs is 1. The molecule has 0 aliphatic rings. The summed E-state index contributed by atoms with van der Waals surface area (Å²) in [5.74, 6) is -0.389. The van der Waals surface area contributed by atoms with Crippen molar-refractivity contribution >= 4 is 28.4 Å². The summed E-state index contributed by atoms with van der Waals surface area (Å²) in [6.07, 6.45) is 4.36. The molecule has 3 aromatic rings. The number of allylic oxidation sites excluding steroid dienone is 3. The van der Waals surface area contributed by atoms with E-state index in [2.05, 4.69) is 4.98 Å². The van der Waals surface area contributed by atoms with Crippen molar-refractivity contribution in [1.82, 2.24) is 4.98 Å². The van der Waals surface area contributed by atoms with Gasteiger partial charge in [0.2, 0.25) is 5.78 Å². The minimum atomic E-state index is -0.477. The number of nitrogens with one attached hydrogen (secondary N) is 1. The number of aromatic nitrogens is 1. The number of nitro groups is 1. The van der Waals surface area contributed by atoms with Crippen molar-refractivity contribution in [3.63, 3.8) is 0 Å². The highest BCUT2D eigenvalue weighted by Crippen LogP contribution is 2.25. The smallest absolute Gasteiger partial charge is 0.276 e. The number of Topliss-reactive ketones (excluding diaryl/α,β-unsaturated/α-hetero) is 1. The summed E-state index contributed by atoms with van der Waals surface area (Å²) in [7, 11) is 0. The van der Waals surface area contributed by atoms with Crippen LogP contribution in [0.2, 0.25) is 0 Å². The van der Waals surface area contributed by atoms with Crippen molar-refractivity contribution in [2.45, 2.75) is 6.92 Å². The maximum absolute atomic E-state index is 12.8. The van der Waals surface area contributed by atoms with Gasteiger partial charge in [0, 0.05) is 22.7 Å². The normalized spacial score (nSPS) is 11.6. The third kappa shape index (κ3) is 3.53. The number of aromatic amines is 1. The van der Waals surface area contributed by atoms with Crippen LogP contribution < -0.4 is 0 Å². The Labute approximate surface area is 155 Å². The molecule has 27 heavy (non-hydrogen) atoms. The summed E-state index contributed by atoms with van der Waals surface area (Å²) >= 11 is 0. The topological polar surface area (TPSA) is 99.8 Å². The first kappa shape index (κ1) is 17.8. The summed E-state index contributed by atoms with van der Waals surface area (Å²) in [5.41, 5.74) is 2.28. The van der Waals surface area contributed by atoms with Gasteiger partial charge in [0.05, 0.1) is 16.1 Å². The zero-order chi connectivity index (χ0) is 19.4. The standard InChI is InChI=1S/C21H15N3O3/c1-14-20(17-10-3-4-11-18(17)23-14)21(25)16(13-22)9-6-8-15-7-2-5-12-19(15)24(26)27/h2-12,23H,1H3/b8-6+,16-9+. The van der Waals surface area contributed by atoms with Crippen LogP contribution in [0.25, 0.3) is 17.0 Å². The lowest BCUT2D eigenvalue weighted by molar-refractivity contribution is -0.385. The predicted molar refractivity (Wildman–Crippen MR) is 103 cm³/mol. The molecule has 6 heteroatoms. The highest BCUT2D eigenvalue weighted by Gasteiger charge is 2.19. The largest absolute Gasteiger partial charge is 0.358 e. The molecule has 2 aromatic carbocycles. The van der Waals surface area contributed by atoms with Gasteiger partial charge in [-0.2, -0.15) is 5.26 Å². The molecule has 1 N–H and O–H groups in total. The molecule has 0 fully saturated rings. The second-order valence-corrected chi connectivity index (χ2v) is 5.87. The Hall–Kier alpha value is -3.98. The highest BCUT2D eigenvalue weighted by atomic mass is 16.6. The second-order valence-electron chi connectivity index (χ2n) is 5.87. The summed E-state index contributed by atoms with van der Waals surface area (Å²) in [6, 6.07) is 15.6. The van der Waals surface area contributed by atoms with E-state index in [4.69, 9.17) is 0 Å². The Kier molecular flexibility index (Phi) is 4.95. The molecule has 0 spiro atoms. The van der Waals surface area contributed by atoms with E-state index in [0.29, 0.717) is 16.8 Å². The molecule has 0 aliphatic heterocycles. The lowest BCUT2D eigenvalue weighted by atomic mass is 10.0. The van der Waals surface area contributed by atoms with Gasteiger partial charge >= 0.3 is 0 Å². The van der Waals surface area contributed by atoms with Gasteiger partial charge in [0.25, 0.3) is 5.69 Å². The SMILES string of the molecule is Cc1[nH]c2ccccc2c1C(=O)/C(C#N)=C/C=C/c1ccccc1[N+](=O)[O-]. The van der Waals surface area contributed by atoms with Gasteiger partial charge in [0.15, 0.2) is 0 Å². The fourth-order valence-electron chi connectivity index (χ4n) is 2.91. The van der Waals surface area contributed by atoms with Crippen LogP contribution in [-0.4, -0.2) is 15.7 Å². The number of aryl methyl sites for hydroxylation is 1. The van der Waals surface area contributed by atoms with E-state index in [-0.39, 0.29) is 17.0 Å². The Balaban J connectivity index is 1.95. The summed E-state index contributed by atoms with van der Waals surface area (Å²) in [4.78, 5) is 26.5. The average molecular weight is 357 g/mol. The molecule has 0 saturated heterocycles. The second kappa shape index (κ2) is 7.50. The van der Waals surface area contributed by atoms with Crippen LogP contribution in [-0.2, 0) is 0 Å². The number of nitriles is 1. The third-order valence-electron chi connectivity index (χ3n) is 4.16. The maximum atomic E-state index is 12.8. The molecule has 1 aromatic heterocycles. The van der Waals surface area contributed by atoms with E-state index in [9.17, 15) is 20.2 Å². The third-order valence-corrected chi connectivity index (χ3v) is 4.16. The van der Waals surface area contributed by atoms with Gasteiger partial charge in [0.1, 0.15) is 11.6 Å². The van der Waals surface area contributed by atoms with Crippen molar-refractivity contribution in [2.24, 2.45) is 0 Å². The molecule has 0 amide bonds. The summed E-state index contributed by atoms with van der Waals surface area (Å²) < 4.78 is 0. The molecule has 3 rings (SSSR count). The van der Waals surface area contributed by atoms with E-state index in [1.54, 1.807) is 25.1 Å². The number of nitrogens with zero attached hydrogens (tertiary/aromatic N) is 2. The van der Waals surface area contributed by atoms with Crippen molar-refractivity contribution in [3.05, 3.63) is 93.2 Å². The Morgan fingerprint density at radius 3 is 2.63 bits per heavy atom. The van der Waals surface area contributed by atoms with Crippen molar-refractivity contribution in [3.8, 4) is 6.07 Å². The number of nitro benzene ring substituents is 1. The fourth-order valence-corrected chi connectivity index (χ4v) is 2.91. The fraction of sp³-hybridized carbons (Fsp3) is 0.0476. The number of benzene rings is 2. The summed E-state index contributed by atoms with van der Waals surface area (Å²) in [6.45, 7) is 1.78. The molecule has 0 atom stereocenters. The molecule has 0 bridgehead atoms. The lowest BCUT2D eigenvalue weighted by Crippen LogP contribution is -2.03. The number of H-pyrrole nitrogens is 1.